The Labute approximate surface area is 146 Å². The number of hydrogen-bond donors (Lipinski definition) is 0. The SMILES string of the molecule is C=CC(=O)Oc1ccc(C(=O)Oc2ccc(OCCCC)cc2)cc1. The smallest absolute Gasteiger partial charge is 0.343 e. The fourth-order valence-corrected chi connectivity index (χ4v) is 1.92. The van der Waals surface area contributed by atoms with Gasteiger partial charge in [-0.2, -0.15) is 0 Å². The predicted octanol–water partition coefficient (Wildman–Crippen LogP) is 4.18. The van der Waals surface area contributed by atoms with Crippen molar-refractivity contribution in [2.45, 2.75) is 19.8 Å². The highest BCUT2D eigenvalue weighted by Crippen LogP contribution is 2.20. The van der Waals surface area contributed by atoms with Gasteiger partial charge in [0.25, 0.3) is 0 Å². The molecule has 0 N–H and O–H groups in total. The van der Waals surface area contributed by atoms with E-state index in [0.717, 1.165) is 24.7 Å². The van der Waals surface area contributed by atoms with Crippen molar-refractivity contribution < 1.29 is 23.8 Å². The molecular weight excluding hydrogens is 320 g/mol. The van der Waals surface area contributed by atoms with Crippen LogP contribution in [0.4, 0.5) is 0 Å². The highest BCUT2D eigenvalue weighted by Gasteiger charge is 2.09. The van der Waals surface area contributed by atoms with Gasteiger partial charge in [-0.3, -0.25) is 0 Å². The lowest BCUT2D eigenvalue weighted by Gasteiger charge is -2.08. The molecule has 0 spiro atoms. The van der Waals surface area contributed by atoms with Crippen molar-refractivity contribution in [1.82, 2.24) is 0 Å². The monoisotopic (exact) mass is 340 g/mol. The van der Waals surface area contributed by atoms with Crippen molar-refractivity contribution in [3.05, 3.63) is 66.7 Å². The molecule has 25 heavy (non-hydrogen) atoms. The normalized spacial score (nSPS) is 9.96. The average molecular weight is 340 g/mol. The van der Waals surface area contributed by atoms with Gasteiger partial charge < -0.3 is 14.2 Å². The van der Waals surface area contributed by atoms with E-state index in [2.05, 4.69) is 13.5 Å². The number of carbonyl (C=O) groups excluding carboxylic acids is 2. The Hall–Kier alpha value is -3.08. The standard InChI is InChI=1S/C20H20O5/c1-3-5-14-23-16-10-12-18(13-11-16)25-20(22)15-6-8-17(9-7-15)24-19(21)4-2/h4,6-13H,2-3,5,14H2,1H3. The van der Waals surface area contributed by atoms with E-state index in [9.17, 15) is 9.59 Å². The van der Waals surface area contributed by atoms with Crippen LogP contribution in [0.5, 0.6) is 17.2 Å². The first-order valence-electron chi connectivity index (χ1n) is 8.01. The molecule has 0 amide bonds. The molecule has 0 aliphatic carbocycles. The van der Waals surface area contributed by atoms with Crippen LogP contribution in [0.15, 0.2) is 61.2 Å². The molecule has 0 unspecified atom stereocenters. The zero-order chi connectivity index (χ0) is 18.1. The molecule has 5 heteroatoms. The van der Waals surface area contributed by atoms with Gasteiger partial charge in [-0.1, -0.05) is 19.9 Å². The summed E-state index contributed by atoms with van der Waals surface area (Å²) >= 11 is 0. The van der Waals surface area contributed by atoms with Crippen molar-refractivity contribution >= 4 is 11.9 Å². The second-order valence-electron chi connectivity index (χ2n) is 5.21. The van der Waals surface area contributed by atoms with Gasteiger partial charge in [-0.15, -0.1) is 0 Å². The molecule has 0 saturated carbocycles. The number of rotatable bonds is 8. The van der Waals surface area contributed by atoms with E-state index in [0.29, 0.717) is 23.7 Å². The molecule has 0 fully saturated rings. The molecule has 0 aromatic heterocycles. The molecule has 0 aliphatic rings. The fraction of sp³-hybridized carbons (Fsp3) is 0.200. The second-order valence-corrected chi connectivity index (χ2v) is 5.21. The zero-order valence-corrected chi connectivity index (χ0v) is 14.1. The predicted molar refractivity (Wildman–Crippen MR) is 94.1 cm³/mol. The van der Waals surface area contributed by atoms with Gasteiger partial charge in [0.15, 0.2) is 0 Å². The van der Waals surface area contributed by atoms with Crippen LogP contribution in [0.1, 0.15) is 30.1 Å². The van der Waals surface area contributed by atoms with Gasteiger partial charge in [0.1, 0.15) is 17.2 Å². The van der Waals surface area contributed by atoms with Gasteiger partial charge in [0, 0.05) is 6.08 Å². The van der Waals surface area contributed by atoms with Crippen molar-refractivity contribution in [3.8, 4) is 17.2 Å². The molecule has 2 rings (SSSR count). The van der Waals surface area contributed by atoms with Crippen LogP contribution in [0, 0.1) is 0 Å². The van der Waals surface area contributed by atoms with Crippen LogP contribution in [0.2, 0.25) is 0 Å². The summed E-state index contributed by atoms with van der Waals surface area (Å²) in [5.41, 5.74) is 0.349. The van der Waals surface area contributed by atoms with E-state index in [1.165, 1.54) is 24.3 Å². The Kier molecular flexibility index (Phi) is 6.77. The Balaban J connectivity index is 1.92. The molecule has 2 aromatic carbocycles. The van der Waals surface area contributed by atoms with Gasteiger partial charge in [0.05, 0.1) is 12.2 Å². The second kappa shape index (κ2) is 9.27. The average Bonchev–Trinajstić information content (AvgIpc) is 2.64. The van der Waals surface area contributed by atoms with Gasteiger partial charge in [-0.25, -0.2) is 9.59 Å². The molecule has 130 valence electrons. The lowest BCUT2D eigenvalue weighted by Crippen LogP contribution is -2.09. The summed E-state index contributed by atoms with van der Waals surface area (Å²) in [4.78, 5) is 23.2. The van der Waals surface area contributed by atoms with Crippen LogP contribution in [-0.4, -0.2) is 18.5 Å². The summed E-state index contributed by atoms with van der Waals surface area (Å²) in [7, 11) is 0. The van der Waals surface area contributed by atoms with E-state index in [4.69, 9.17) is 14.2 Å². The molecule has 0 atom stereocenters. The quantitative estimate of drug-likeness (QED) is 0.312. The first kappa shape index (κ1) is 18.3. The van der Waals surface area contributed by atoms with E-state index in [1.807, 2.05) is 0 Å². The fourth-order valence-electron chi connectivity index (χ4n) is 1.92. The molecule has 0 heterocycles. The van der Waals surface area contributed by atoms with E-state index in [-0.39, 0.29) is 0 Å². The van der Waals surface area contributed by atoms with E-state index >= 15 is 0 Å². The summed E-state index contributed by atoms with van der Waals surface area (Å²) in [6.45, 7) is 6.08. The molecule has 0 saturated heterocycles. The largest absolute Gasteiger partial charge is 0.494 e. The summed E-state index contributed by atoms with van der Waals surface area (Å²) in [5, 5.41) is 0. The first-order valence-corrected chi connectivity index (χ1v) is 8.01. The number of benzene rings is 2. The highest BCUT2D eigenvalue weighted by molar-refractivity contribution is 5.91. The van der Waals surface area contributed by atoms with Crippen molar-refractivity contribution in [1.29, 1.82) is 0 Å². The Morgan fingerprint density at radius 2 is 1.48 bits per heavy atom. The van der Waals surface area contributed by atoms with Crippen LogP contribution in [-0.2, 0) is 4.79 Å². The highest BCUT2D eigenvalue weighted by atomic mass is 16.5. The summed E-state index contributed by atoms with van der Waals surface area (Å²) in [5.74, 6) is 0.435. The summed E-state index contributed by atoms with van der Waals surface area (Å²) in [6, 6.07) is 13.0. The summed E-state index contributed by atoms with van der Waals surface area (Å²) < 4.78 is 15.8. The Morgan fingerprint density at radius 1 is 0.920 bits per heavy atom. The number of esters is 2. The zero-order valence-electron chi connectivity index (χ0n) is 14.1. The minimum absolute atomic E-state index is 0.329. The van der Waals surface area contributed by atoms with Crippen molar-refractivity contribution in [2.75, 3.05) is 6.61 Å². The Bertz CT molecular complexity index is 717. The third-order valence-corrected chi connectivity index (χ3v) is 3.28. The number of ether oxygens (including phenoxy) is 3. The minimum Gasteiger partial charge on any atom is -0.494 e. The molecule has 0 bridgehead atoms. The lowest BCUT2D eigenvalue weighted by atomic mass is 10.2. The Morgan fingerprint density at radius 3 is 2.08 bits per heavy atom. The lowest BCUT2D eigenvalue weighted by molar-refractivity contribution is -0.128. The van der Waals surface area contributed by atoms with Gasteiger partial charge in [-0.05, 0) is 55.0 Å². The maximum Gasteiger partial charge on any atom is 0.343 e. The van der Waals surface area contributed by atoms with Crippen LogP contribution >= 0.6 is 0 Å². The number of hydrogen-bond acceptors (Lipinski definition) is 5. The van der Waals surface area contributed by atoms with Crippen molar-refractivity contribution in [2.24, 2.45) is 0 Å². The van der Waals surface area contributed by atoms with Crippen LogP contribution in [0.25, 0.3) is 0 Å². The van der Waals surface area contributed by atoms with Crippen LogP contribution < -0.4 is 14.2 Å². The van der Waals surface area contributed by atoms with Crippen molar-refractivity contribution in [3.63, 3.8) is 0 Å². The topological polar surface area (TPSA) is 61.8 Å². The first-order chi connectivity index (χ1) is 12.1. The molecule has 2 aromatic rings. The molecule has 0 radical (unpaired) electrons. The third-order valence-electron chi connectivity index (χ3n) is 3.28. The summed E-state index contributed by atoms with van der Waals surface area (Å²) in [6.07, 6.45) is 3.13. The maximum atomic E-state index is 12.1. The maximum absolute atomic E-state index is 12.1. The van der Waals surface area contributed by atoms with E-state index < -0.39 is 11.9 Å². The number of carbonyl (C=O) groups is 2. The molecule has 0 aliphatic heterocycles. The van der Waals surface area contributed by atoms with Gasteiger partial charge in [0.2, 0.25) is 0 Å². The van der Waals surface area contributed by atoms with Crippen LogP contribution in [0.3, 0.4) is 0 Å². The number of unbranched alkanes of at least 4 members (excludes halogenated alkanes) is 1. The van der Waals surface area contributed by atoms with Gasteiger partial charge >= 0.3 is 11.9 Å². The molecule has 5 nitrogen and oxygen atoms in total. The third kappa shape index (κ3) is 5.80. The van der Waals surface area contributed by atoms with E-state index in [1.54, 1.807) is 24.3 Å². The molecular formula is C20H20O5. The minimum atomic E-state index is -0.559.